The van der Waals surface area contributed by atoms with Crippen molar-refractivity contribution >= 4 is 11.6 Å². The second-order valence-corrected chi connectivity index (χ2v) is 9.02. The topological polar surface area (TPSA) is 63.7 Å². The van der Waals surface area contributed by atoms with Crippen LogP contribution in [-0.4, -0.2) is 37.2 Å². The van der Waals surface area contributed by atoms with Crippen LogP contribution in [0.25, 0.3) is 11.1 Å². The molecule has 0 aliphatic carbocycles. The maximum atomic E-state index is 12.6. The van der Waals surface area contributed by atoms with Gasteiger partial charge in [-0.3, -0.25) is 9.78 Å². The van der Waals surface area contributed by atoms with Crippen molar-refractivity contribution in [3.8, 4) is 16.9 Å². The molecule has 5 rings (SSSR count). The van der Waals surface area contributed by atoms with E-state index in [9.17, 15) is 4.79 Å². The fourth-order valence-electron chi connectivity index (χ4n) is 4.33. The molecule has 1 aliphatic rings. The highest BCUT2D eigenvalue weighted by Crippen LogP contribution is 2.24. The summed E-state index contributed by atoms with van der Waals surface area (Å²) in [5.74, 6) is 0.696. The van der Waals surface area contributed by atoms with Crippen LogP contribution >= 0.6 is 0 Å². The molecule has 1 fully saturated rings. The first kappa shape index (κ1) is 24.5. The number of carbonyl (C=O) groups excluding carboxylic acids is 1. The summed E-state index contributed by atoms with van der Waals surface area (Å²) in [6.07, 6.45) is 2.06. The van der Waals surface area contributed by atoms with E-state index in [1.54, 1.807) is 0 Å². The van der Waals surface area contributed by atoms with E-state index in [-0.39, 0.29) is 12.3 Å². The molecule has 6 nitrogen and oxygen atoms in total. The Balaban J connectivity index is 1.13. The first-order valence-electron chi connectivity index (χ1n) is 12.6. The lowest BCUT2D eigenvalue weighted by atomic mass is 10.1. The van der Waals surface area contributed by atoms with Crippen LogP contribution in [0.5, 0.6) is 5.75 Å². The molecule has 0 radical (unpaired) electrons. The summed E-state index contributed by atoms with van der Waals surface area (Å²) in [6.45, 7) is 4.27. The fraction of sp³-hybridized carbons (Fsp3) is 0.226. The molecule has 1 saturated heterocycles. The summed E-state index contributed by atoms with van der Waals surface area (Å²) in [4.78, 5) is 19.5. The number of amides is 1. The summed E-state index contributed by atoms with van der Waals surface area (Å²) in [6, 6.07) is 30.3. The average molecular weight is 494 g/mol. The number of anilines is 1. The van der Waals surface area contributed by atoms with Crippen LogP contribution in [0.3, 0.4) is 0 Å². The molecule has 1 N–H and O–H groups in total. The van der Waals surface area contributed by atoms with E-state index in [0.29, 0.717) is 13.2 Å². The summed E-state index contributed by atoms with van der Waals surface area (Å²) in [5.41, 5.74) is 6.12. The average Bonchev–Trinajstić information content (AvgIpc) is 2.97. The zero-order chi connectivity index (χ0) is 25.3. The van der Waals surface area contributed by atoms with E-state index in [4.69, 9.17) is 9.47 Å². The Labute approximate surface area is 217 Å². The largest absolute Gasteiger partial charge is 0.489 e. The molecule has 2 heterocycles. The Bertz CT molecular complexity index is 1290. The van der Waals surface area contributed by atoms with Crippen molar-refractivity contribution in [3.63, 3.8) is 0 Å². The monoisotopic (exact) mass is 493 g/mol. The summed E-state index contributed by atoms with van der Waals surface area (Å²) in [5, 5.41) is 3.00. The van der Waals surface area contributed by atoms with Gasteiger partial charge in [0.05, 0.1) is 19.6 Å². The van der Waals surface area contributed by atoms with Crippen LogP contribution in [0, 0.1) is 0 Å². The normalized spacial score (nSPS) is 13.2. The lowest BCUT2D eigenvalue weighted by Crippen LogP contribution is -2.36. The highest BCUT2D eigenvalue weighted by atomic mass is 16.5. The molecule has 0 saturated carbocycles. The van der Waals surface area contributed by atoms with Gasteiger partial charge in [0.1, 0.15) is 12.4 Å². The number of hydrogen-bond acceptors (Lipinski definition) is 5. The maximum Gasteiger partial charge on any atom is 0.226 e. The SMILES string of the molecule is O=C(Cc1ccc(-c2ccc(N3CCOCC3)cc2)cn1)NCc1ccccc1OCc1ccccc1. The third-order valence-corrected chi connectivity index (χ3v) is 6.43. The van der Waals surface area contributed by atoms with E-state index in [2.05, 4.69) is 39.5 Å². The number of rotatable bonds is 9. The minimum absolute atomic E-state index is 0.0759. The lowest BCUT2D eigenvalue weighted by molar-refractivity contribution is -0.120. The van der Waals surface area contributed by atoms with Crippen LogP contribution in [0.1, 0.15) is 16.8 Å². The van der Waals surface area contributed by atoms with Crippen LogP contribution in [0.15, 0.2) is 97.2 Å². The Kier molecular flexibility index (Phi) is 8.08. The Morgan fingerprint density at radius 3 is 2.35 bits per heavy atom. The first-order valence-corrected chi connectivity index (χ1v) is 12.6. The molecular formula is C31H31N3O3. The Morgan fingerprint density at radius 2 is 1.59 bits per heavy atom. The number of benzene rings is 3. The van der Waals surface area contributed by atoms with Gasteiger partial charge in [-0.25, -0.2) is 0 Å². The van der Waals surface area contributed by atoms with Crippen molar-refractivity contribution in [1.82, 2.24) is 10.3 Å². The Hall–Kier alpha value is -4.16. The first-order chi connectivity index (χ1) is 18.2. The quantitative estimate of drug-likeness (QED) is 0.355. The van der Waals surface area contributed by atoms with Gasteiger partial charge in [0, 0.05) is 48.3 Å². The number of nitrogens with zero attached hydrogens (tertiary/aromatic N) is 2. The Morgan fingerprint density at radius 1 is 0.865 bits per heavy atom. The number of aromatic nitrogens is 1. The van der Waals surface area contributed by atoms with Gasteiger partial charge in [-0.1, -0.05) is 66.7 Å². The van der Waals surface area contributed by atoms with Crippen molar-refractivity contribution in [1.29, 1.82) is 0 Å². The van der Waals surface area contributed by atoms with Gasteiger partial charge in [-0.05, 0) is 35.4 Å². The predicted molar refractivity (Wildman–Crippen MR) is 145 cm³/mol. The third-order valence-electron chi connectivity index (χ3n) is 6.43. The van der Waals surface area contributed by atoms with Gasteiger partial charge in [0.15, 0.2) is 0 Å². The number of hydrogen-bond donors (Lipinski definition) is 1. The fourth-order valence-corrected chi connectivity index (χ4v) is 4.33. The van der Waals surface area contributed by atoms with E-state index in [1.807, 2.05) is 72.9 Å². The molecule has 6 heteroatoms. The third kappa shape index (κ3) is 6.74. The van der Waals surface area contributed by atoms with Crippen LogP contribution in [-0.2, 0) is 29.1 Å². The van der Waals surface area contributed by atoms with E-state index < -0.39 is 0 Å². The standard InChI is InChI=1S/C31H31N3O3/c35-31(33-22-27-8-4-5-9-30(27)37-23-24-6-2-1-3-7-24)20-28-13-10-26(21-32-28)25-11-14-29(15-12-25)34-16-18-36-19-17-34/h1-15,21H,16-20,22-23H2,(H,33,35). The van der Waals surface area contributed by atoms with Crippen molar-refractivity contribution in [2.45, 2.75) is 19.6 Å². The van der Waals surface area contributed by atoms with Gasteiger partial charge >= 0.3 is 0 Å². The predicted octanol–water partition coefficient (Wildman–Crippen LogP) is 5.02. The molecule has 4 aromatic rings. The van der Waals surface area contributed by atoms with Gasteiger partial charge in [0.2, 0.25) is 5.91 Å². The minimum atomic E-state index is -0.0759. The van der Waals surface area contributed by atoms with E-state index in [0.717, 1.165) is 60.0 Å². The molecule has 0 unspecified atom stereocenters. The number of pyridine rings is 1. The minimum Gasteiger partial charge on any atom is -0.489 e. The smallest absolute Gasteiger partial charge is 0.226 e. The van der Waals surface area contributed by atoms with Gasteiger partial charge < -0.3 is 19.7 Å². The number of carbonyl (C=O) groups is 1. The molecule has 3 aromatic carbocycles. The molecule has 188 valence electrons. The number of para-hydroxylation sites is 1. The molecular weight excluding hydrogens is 462 g/mol. The summed E-state index contributed by atoms with van der Waals surface area (Å²) >= 11 is 0. The molecule has 0 bridgehead atoms. The highest BCUT2D eigenvalue weighted by molar-refractivity contribution is 5.78. The molecule has 1 amide bonds. The number of nitrogens with one attached hydrogen (secondary N) is 1. The van der Waals surface area contributed by atoms with Crippen molar-refractivity contribution < 1.29 is 14.3 Å². The van der Waals surface area contributed by atoms with E-state index >= 15 is 0 Å². The molecule has 37 heavy (non-hydrogen) atoms. The summed E-state index contributed by atoms with van der Waals surface area (Å²) < 4.78 is 11.4. The van der Waals surface area contributed by atoms with Crippen LogP contribution in [0.2, 0.25) is 0 Å². The van der Waals surface area contributed by atoms with Crippen molar-refractivity contribution in [2.75, 3.05) is 31.2 Å². The molecule has 0 spiro atoms. The molecule has 1 aromatic heterocycles. The van der Waals surface area contributed by atoms with Crippen LogP contribution in [0.4, 0.5) is 5.69 Å². The zero-order valence-electron chi connectivity index (χ0n) is 20.8. The zero-order valence-corrected chi connectivity index (χ0v) is 20.8. The second-order valence-electron chi connectivity index (χ2n) is 9.02. The van der Waals surface area contributed by atoms with Crippen LogP contribution < -0.4 is 15.0 Å². The number of morpholine rings is 1. The van der Waals surface area contributed by atoms with Gasteiger partial charge in [-0.15, -0.1) is 0 Å². The second kappa shape index (κ2) is 12.2. The molecule has 1 aliphatic heterocycles. The lowest BCUT2D eigenvalue weighted by Gasteiger charge is -2.28. The van der Waals surface area contributed by atoms with E-state index in [1.165, 1.54) is 5.69 Å². The molecule has 0 atom stereocenters. The van der Waals surface area contributed by atoms with Gasteiger partial charge in [-0.2, -0.15) is 0 Å². The van der Waals surface area contributed by atoms with Crippen molar-refractivity contribution in [2.24, 2.45) is 0 Å². The summed E-state index contributed by atoms with van der Waals surface area (Å²) in [7, 11) is 0. The number of ether oxygens (including phenoxy) is 2. The van der Waals surface area contributed by atoms with Gasteiger partial charge in [0.25, 0.3) is 0 Å². The highest BCUT2D eigenvalue weighted by Gasteiger charge is 2.12. The van der Waals surface area contributed by atoms with Crippen molar-refractivity contribution in [3.05, 3.63) is 114 Å². The maximum absolute atomic E-state index is 12.6.